The number of nitrogens with zero attached hydrogens (tertiary/aromatic N) is 1. The fourth-order valence-corrected chi connectivity index (χ4v) is 1.83. The maximum Gasteiger partial charge on any atom is 0.191 e. The first-order valence-corrected chi connectivity index (χ1v) is 8.10. The van der Waals surface area contributed by atoms with Crippen LogP contribution >= 0.6 is 0 Å². The van der Waals surface area contributed by atoms with Crippen LogP contribution in [0.2, 0.25) is 0 Å². The zero-order chi connectivity index (χ0) is 16.0. The number of guanidine groups is 1. The molecule has 0 atom stereocenters. The highest BCUT2D eigenvalue weighted by Gasteiger charge is 1.98. The van der Waals surface area contributed by atoms with Crippen LogP contribution in [0.25, 0.3) is 0 Å². The van der Waals surface area contributed by atoms with Crippen LogP contribution in [0.15, 0.2) is 29.3 Å². The molecule has 0 heterocycles. The molecule has 0 unspecified atom stereocenters. The largest absolute Gasteiger partial charge is 0.381 e. The van der Waals surface area contributed by atoms with E-state index in [4.69, 9.17) is 4.74 Å². The van der Waals surface area contributed by atoms with Crippen molar-refractivity contribution in [2.45, 2.75) is 39.7 Å². The zero-order valence-electron chi connectivity index (χ0n) is 13.7. The van der Waals surface area contributed by atoms with Gasteiger partial charge >= 0.3 is 0 Å². The standard InChI is InChI=1S/C17H28FN3O/c1-3-5-12-22-13-6-11-20-17(19-4-2)21-14-15-7-9-16(18)10-8-15/h7-10H,3-6,11-14H2,1-2H3,(H2,19,20,21). The molecule has 0 fully saturated rings. The Bertz CT molecular complexity index is 420. The van der Waals surface area contributed by atoms with Crippen LogP contribution in [-0.4, -0.2) is 32.3 Å². The van der Waals surface area contributed by atoms with Crippen LogP contribution < -0.4 is 10.6 Å². The molecule has 0 bridgehead atoms. The fraction of sp³-hybridized carbons (Fsp3) is 0.588. The predicted molar refractivity (Wildman–Crippen MR) is 89.6 cm³/mol. The van der Waals surface area contributed by atoms with Gasteiger partial charge in [0.25, 0.3) is 0 Å². The molecule has 1 aromatic rings. The van der Waals surface area contributed by atoms with Gasteiger partial charge in [-0.2, -0.15) is 0 Å². The van der Waals surface area contributed by atoms with E-state index in [1.807, 2.05) is 6.92 Å². The van der Waals surface area contributed by atoms with E-state index >= 15 is 0 Å². The second-order valence-corrected chi connectivity index (χ2v) is 5.07. The van der Waals surface area contributed by atoms with Gasteiger partial charge in [0, 0.05) is 26.3 Å². The zero-order valence-corrected chi connectivity index (χ0v) is 13.7. The average molecular weight is 309 g/mol. The molecule has 0 spiro atoms. The van der Waals surface area contributed by atoms with Gasteiger partial charge in [0.2, 0.25) is 0 Å². The average Bonchev–Trinajstić information content (AvgIpc) is 2.53. The first-order chi connectivity index (χ1) is 10.8. The molecule has 1 rings (SSSR count). The number of benzene rings is 1. The number of halogens is 1. The van der Waals surface area contributed by atoms with E-state index in [0.717, 1.165) is 50.7 Å². The molecule has 0 aromatic heterocycles. The molecular formula is C17H28FN3O. The van der Waals surface area contributed by atoms with E-state index in [2.05, 4.69) is 22.5 Å². The summed E-state index contributed by atoms with van der Waals surface area (Å²) in [5.74, 6) is 0.557. The summed E-state index contributed by atoms with van der Waals surface area (Å²) in [6.45, 7) is 7.96. The minimum absolute atomic E-state index is 0.221. The SMILES string of the molecule is CCCCOCCCNC(=NCc1ccc(F)cc1)NCC. The topological polar surface area (TPSA) is 45.6 Å². The molecule has 22 heavy (non-hydrogen) atoms. The Hall–Kier alpha value is -1.62. The maximum atomic E-state index is 12.9. The molecule has 0 saturated carbocycles. The first kappa shape index (κ1) is 18.4. The van der Waals surface area contributed by atoms with E-state index < -0.39 is 0 Å². The van der Waals surface area contributed by atoms with Crippen molar-refractivity contribution < 1.29 is 9.13 Å². The highest BCUT2D eigenvalue weighted by atomic mass is 19.1. The third-order valence-corrected chi connectivity index (χ3v) is 3.08. The van der Waals surface area contributed by atoms with Crippen molar-refractivity contribution in [1.82, 2.24) is 10.6 Å². The van der Waals surface area contributed by atoms with Gasteiger partial charge in [-0.3, -0.25) is 0 Å². The van der Waals surface area contributed by atoms with Crippen molar-refractivity contribution in [2.24, 2.45) is 4.99 Å². The summed E-state index contributed by atoms with van der Waals surface area (Å²) in [6, 6.07) is 6.42. The molecule has 0 aliphatic heterocycles. The molecule has 4 nitrogen and oxygen atoms in total. The lowest BCUT2D eigenvalue weighted by Gasteiger charge is -2.11. The van der Waals surface area contributed by atoms with Crippen molar-refractivity contribution in [3.05, 3.63) is 35.6 Å². The molecule has 2 N–H and O–H groups in total. The fourth-order valence-electron chi connectivity index (χ4n) is 1.83. The Balaban J connectivity index is 2.28. The van der Waals surface area contributed by atoms with Crippen LogP contribution in [0.5, 0.6) is 0 Å². The lowest BCUT2D eigenvalue weighted by molar-refractivity contribution is 0.129. The Labute approximate surface area is 133 Å². The van der Waals surface area contributed by atoms with Crippen LogP contribution in [0.3, 0.4) is 0 Å². The Morgan fingerprint density at radius 3 is 2.50 bits per heavy atom. The van der Waals surface area contributed by atoms with Crippen LogP contribution in [0, 0.1) is 5.82 Å². The summed E-state index contributed by atoms with van der Waals surface area (Å²) >= 11 is 0. The third-order valence-electron chi connectivity index (χ3n) is 3.08. The molecule has 124 valence electrons. The summed E-state index contributed by atoms with van der Waals surface area (Å²) in [4.78, 5) is 4.49. The van der Waals surface area contributed by atoms with Gasteiger partial charge in [0.15, 0.2) is 5.96 Å². The molecule has 0 aliphatic rings. The van der Waals surface area contributed by atoms with Gasteiger partial charge in [0.05, 0.1) is 6.54 Å². The Kier molecular flexibility index (Phi) is 10.0. The molecule has 0 radical (unpaired) electrons. The normalized spacial score (nSPS) is 11.5. The second-order valence-electron chi connectivity index (χ2n) is 5.07. The summed E-state index contributed by atoms with van der Waals surface area (Å²) in [6.07, 6.45) is 3.23. The van der Waals surface area contributed by atoms with E-state index in [1.165, 1.54) is 18.6 Å². The second kappa shape index (κ2) is 12.0. The van der Waals surface area contributed by atoms with Gasteiger partial charge < -0.3 is 15.4 Å². The van der Waals surface area contributed by atoms with E-state index in [0.29, 0.717) is 6.54 Å². The minimum Gasteiger partial charge on any atom is -0.381 e. The summed E-state index contributed by atoms with van der Waals surface area (Å²) < 4.78 is 18.4. The van der Waals surface area contributed by atoms with E-state index in [9.17, 15) is 4.39 Å². The number of aliphatic imine (C=N–C) groups is 1. The van der Waals surface area contributed by atoms with Gasteiger partial charge in [-0.15, -0.1) is 0 Å². The smallest absolute Gasteiger partial charge is 0.191 e. The van der Waals surface area contributed by atoms with Crippen molar-refractivity contribution in [1.29, 1.82) is 0 Å². The number of nitrogens with one attached hydrogen (secondary N) is 2. The quantitative estimate of drug-likeness (QED) is 0.397. The Morgan fingerprint density at radius 1 is 1.09 bits per heavy atom. The lowest BCUT2D eigenvalue weighted by atomic mass is 10.2. The number of hydrogen-bond donors (Lipinski definition) is 2. The van der Waals surface area contributed by atoms with Gasteiger partial charge in [-0.05, 0) is 37.5 Å². The van der Waals surface area contributed by atoms with Crippen molar-refractivity contribution in [2.75, 3.05) is 26.3 Å². The molecule has 0 amide bonds. The molecular weight excluding hydrogens is 281 g/mol. The van der Waals surface area contributed by atoms with Crippen molar-refractivity contribution in [3.63, 3.8) is 0 Å². The molecule has 0 aliphatic carbocycles. The number of hydrogen-bond acceptors (Lipinski definition) is 2. The monoisotopic (exact) mass is 309 g/mol. The number of unbranched alkanes of at least 4 members (excludes halogenated alkanes) is 1. The predicted octanol–water partition coefficient (Wildman–Crippen LogP) is 3.09. The summed E-state index contributed by atoms with van der Waals surface area (Å²) in [7, 11) is 0. The molecule has 5 heteroatoms. The van der Waals surface area contributed by atoms with E-state index in [-0.39, 0.29) is 5.82 Å². The highest BCUT2D eigenvalue weighted by Crippen LogP contribution is 2.03. The lowest BCUT2D eigenvalue weighted by Crippen LogP contribution is -2.38. The minimum atomic E-state index is -0.221. The first-order valence-electron chi connectivity index (χ1n) is 8.10. The van der Waals surface area contributed by atoms with Gasteiger partial charge in [-0.1, -0.05) is 25.5 Å². The number of ether oxygens (including phenoxy) is 1. The van der Waals surface area contributed by atoms with Crippen molar-refractivity contribution >= 4 is 5.96 Å². The molecule has 1 aromatic carbocycles. The van der Waals surface area contributed by atoms with Crippen LogP contribution in [0.4, 0.5) is 4.39 Å². The maximum absolute atomic E-state index is 12.9. The van der Waals surface area contributed by atoms with Crippen LogP contribution in [-0.2, 0) is 11.3 Å². The molecule has 0 saturated heterocycles. The highest BCUT2D eigenvalue weighted by molar-refractivity contribution is 5.79. The van der Waals surface area contributed by atoms with Crippen LogP contribution in [0.1, 0.15) is 38.7 Å². The Morgan fingerprint density at radius 2 is 1.82 bits per heavy atom. The van der Waals surface area contributed by atoms with Crippen molar-refractivity contribution in [3.8, 4) is 0 Å². The summed E-state index contributed by atoms with van der Waals surface area (Å²) in [5, 5.41) is 6.48. The van der Waals surface area contributed by atoms with Gasteiger partial charge in [-0.25, -0.2) is 9.38 Å². The van der Waals surface area contributed by atoms with Gasteiger partial charge in [0.1, 0.15) is 5.82 Å². The van der Waals surface area contributed by atoms with E-state index in [1.54, 1.807) is 12.1 Å². The third kappa shape index (κ3) is 8.62. The number of rotatable bonds is 10. The summed E-state index contributed by atoms with van der Waals surface area (Å²) in [5.41, 5.74) is 0.988.